The van der Waals surface area contributed by atoms with E-state index in [0.29, 0.717) is 16.5 Å². The van der Waals surface area contributed by atoms with Crippen molar-refractivity contribution < 1.29 is 19.5 Å². The monoisotopic (exact) mass is 458 g/mol. The number of thioether (sulfide) groups is 1. The average molecular weight is 458 g/mol. The number of carboxylic acid groups (broad SMARTS) is 1. The lowest BCUT2D eigenvalue weighted by molar-refractivity contribution is -0.114. The number of nitrogens with one attached hydrogen (secondary N) is 1. The fraction of sp³-hybridized carbons (Fsp3) is 0.0417. The standard InChI is InChI=1S/C24H18N4O4S/c29-21(26-18-8-4-7-17(13-18)23(31)32)15-33-24-27-20(12-16-6-5-11-25-14-16)22(30)28(24)19-9-2-1-3-10-19/h1-14H,15H2,(H,26,29)(H,31,32)/b20-12+. The van der Waals surface area contributed by atoms with Gasteiger partial charge in [0, 0.05) is 18.1 Å². The number of hydrogen-bond donors (Lipinski definition) is 2. The summed E-state index contributed by atoms with van der Waals surface area (Å²) in [5, 5.41) is 12.1. The Kier molecular flexibility index (Phi) is 6.61. The fourth-order valence-corrected chi connectivity index (χ4v) is 3.89. The molecule has 0 saturated carbocycles. The second-order valence-electron chi connectivity index (χ2n) is 6.91. The van der Waals surface area contributed by atoms with Gasteiger partial charge in [-0.05, 0) is 48.0 Å². The lowest BCUT2D eigenvalue weighted by Crippen LogP contribution is -2.31. The average Bonchev–Trinajstić information content (AvgIpc) is 3.14. The highest BCUT2D eigenvalue weighted by atomic mass is 32.2. The molecule has 0 saturated heterocycles. The van der Waals surface area contributed by atoms with Crippen molar-refractivity contribution in [1.29, 1.82) is 0 Å². The zero-order chi connectivity index (χ0) is 23.2. The van der Waals surface area contributed by atoms with E-state index in [1.807, 2.05) is 24.3 Å². The number of anilines is 2. The van der Waals surface area contributed by atoms with Gasteiger partial charge in [-0.3, -0.25) is 19.5 Å². The Morgan fingerprint density at radius 2 is 1.88 bits per heavy atom. The third-order valence-corrected chi connectivity index (χ3v) is 5.50. The van der Waals surface area contributed by atoms with Crippen LogP contribution in [0.3, 0.4) is 0 Å². The van der Waals surface area contributed by atoms with Gasteiger partial charge in [-0.2, -0.15) is 0 Å². The number of para-hydroxylation sites is 1. The predicted octanol–water partition coefficient (Wildman–Crippen LogP) is 3.90. The first-order valence-electron chi connectivity index (χ1n) is 9.87. The summed E-state index contributed by atoms with van der Waals surface area (Å²) in [7, 11) is 0. The molecular formula is C24H18N4O4S. The fourth-order valence-electron chi connectivity index (χ4n) is 3.07. The molecule has 0 spiro atoms. The van der Waals surface area contributed by atoms with E-state index in [-0.39, 0.29) is 28.8 Å². The van der Waals surface area contributed by atoms with Gasteiger partial charge in [-0.1, -0.05) is 42.1 Å². The van der Waals surface area contributed by atoms with E-state index in [0.717, 1.165) is 17.3 Å². The van der Waals surface area contributed by atoms with Crippen LogP contribution in [-0.4, -0.2) is 38.8 Å². The van der Waals surface area contributed by atoms with E-state index in [1.54, 1.807) is 48.8 Å². The highest BCUT2D eigenvalue weighted by molar-refractivity contribution is 8.14. The van der Waals surface area contributed by atoms with Gasteiger partial charge in [0.2, 0.25) is 5.91 Å². The van der Waals surface area contributed by atoms with E-state index in [1.165, 1.54) is 17.0 Å². The van der Waals surface area contributed by atoms with Gasteiger partial charge >= 0.3 is 5.97 Å². The highest BCUT2D eigenvalue weighted by Gasteiger charge is 2.32. The number of carbonyl (C=O) groups is 3. The third-order valence-electron chi connectivity index (χ3n) is 4.56. The molecule has 4 rings (SSSR count). The molecule has 2 N–H and O–H groups in total. The number of aromatic nitrogens is 1. The number of nitrogens with zero attached hydrogens (tertiary/aromatic N) is 3. The Labute approximate surface area is 193 Å². The van der Waals surface area contributed by atoms with Gasteiger partial charge < -0.3 is 10.4 Å². The lowest BCUT2D eigenvalue weighted by atomic mass is 10.2. The molecule has 2 heterocycles. The number of amidine groups is 1. The number of rotatable bonds is 6. The van der Waals surface area contributed by atoms with Crippen molar-refractivity contribution in [3.05, 3.63) is 95.9 Å². The van der Waals surface area contributed by atoms with Crippen LogP contribution in [0, 0.1) is 0 Å². The quantitative estimate of drug-likeness (QED) is 0.542. The zero-order valence-corrected chi connectivity index (χ0v) is 18.0. The van der Waals surface area contributed by atoms with Crippen LogP contribution in [-0.2, 0) is 9.59 Å². The van der Waals surface area contributed by atoms with Crippen LogP contribution >= 0.6 is 11.8 Å². The molecule has 0 aliphatic carbocycles. The molecule has 2 amide bonds. The van der Waals surface area contributed by atoms with E-state index in [4.69, 9.17) is 5.11 Å². The first-order valence-corrected chi connectivity index (χ1v) is 10.9. The van der Waals surface area contributed by atoms with Gasteiger partial charge in [0.25, 0.3) is 5.91 Å². The zero-order valence-electron chi connectivity index (χ0n) is 17.2. The normalized spacial score (nSPS) is 14.3. The van der Waals surface area contributed by atoms with Crippen molar-refractivity contribution in [2.45, 2.75) is 0 Å². The maximum absolute atomic E-state index is 13.1. The van der Waals surface area contributed by atoms with E-state index in [9.17, 15) is 14.4 Å². The van der Waals surface area contributed by atoms with Crippen molar-refractivity contribution in [2.24, 2.45) is 4.99 Å². The predicted molar refractivity (Wildman–Crippen MR) is 128 cm³/mol. The minimum absolute atomic E-state index is 0.0209. The number of carboxylic acids is 1. The molecule has 2 aromatic carbocycles. The van der Waals surface area contributed by atoms with Gasteiger partial charge in [0.05, 0.1) is 17.0 Å². The van der Waals surface area contributed by atoms with E-state index >= 15 is 0 Å². The third kappa shape index (κ3) is 5.34. The molecule has 0 unspecified atom stereocenters. The van der Waals surface area contributed by atoms with Crippen LogP contribution in [0.25, 0.3) is 6.08 Å². The van der Waals surface area contributed by atoms with Gasteiger partial charge in [-0.15, -0.1) is 0 Å². The molecule has 1 aliphatic rings. The second-order valence-corrected chi connectivity index (χ2v) is 7.85. The van der Waals surface area contributed by atoms with Gasteiger partial charge in [0.15, 0.2) is 5.17 Å². The summed E-state index contributed by atoms with van der Waals surface area (Å²) >= 11 is 1.11. The number of amides is 2. The van der Waals surface area contributed by atoms with Crippen molar-refractivity contribution in [3.63, 3.8) is 0 Å². The van der Waals surface area contributed by atoms with Crippen molar-refractivity contribution in [1.82, 2.24) is 4.98 Å². The van der Waals surface area contributed by atoms with Crippen LogP contribution in [0.4, 0.5) is 11.4 Å². The largest absolute Gasteiger partial charge is 0.478 e. The molecule has 0 fully saturated rings. The summed E-state index contributed by atoms with van der Waals surface area (Å²) in [5.41, 5.74) is 2.07. The minimum Gasteiger partial charge on any atom is -0.478 e. The summed E-state index contributed by atoms with van der Waals surface area (Å²) < 4.78 is 0. The van der Waals surface area contributed by atoms with E-state index in [2.05, 4.69) is 15.3 Å². The summed E-state index contributed by atoms with van der Waals surface area (Å²) in [4.78, 5) is 46.7. The molecule has 9 heteroatoms. The molecule has 0 bridgehead atoms. The van der Waals surface area contributed by atoms with Crippen LogP contribution in [0.15, 0.2) is 89.8 Å². The number of carbonyl (C=O) groups excluding carboxylic acids is 2. The number of hydrogen-bond acceptors (Lipinski definition) is 6. The molecule has 0 radical (unpaired) electrons. The molecular weight excluding hydrogens is 440 g/mol. The second kappa shape index (κ2) is 9.92. The van der Waals surface area contributed by atoms with Crippen LogP contribution in [0.1, 0.15) is 15.9 Å². The number of benzene rings is 2. The summed E-state index contributed by atoms with van der Waals surface area (Å²) in [5.74, 6) is -1.75. The Balaban J connectivity index is 1.53. The SMILES string of the molecule is O=C(CSC1=N/C(=C/c2cccnc2)C(=O)N1c1ccccc1)Nc1cccc(C(=O)O)c1. The summed E-state index contributed by atoms with van der Waals surface area (Å²) in [6.45, 7) is 0. The first-order chi connectivity index (χ1) is 16.0. The molecule has 164 valence electrons. The van der Waals surface area contributed by atoms with Crippen LogP contribution < -0.4 is 10.2 Å². The maximum atomic E-state index is 13.1. The van der Waals surface area contributed by atoms with Gasteiger partial charge in [0.1, 0.15) is 5.70 Å². The van der Waals surface area contributed by atoms with Crippen molar-refractivity contribution >= 4 is 52.2 Å². The van der Waals surface area contributed by atoms with Crippen LogP contribution in [0.2, 0.25) is 0 Å². The first kappa shape index (κ1) is 22.0. The lowest BCUT2D eigenvalue weighted by Gasteiger charge is -2.17. The Morgan fingerprint density at radius 1 is 1.06 bits per heavy atom. The number of aromatic carboxylic acids is 1. The topological polar surface area (TPSA) is 112 Å². The Morgan fingerprint density at radius 3 is 2.61 bits per heavy atom. The van der Waals surface area contributed by atoms with Gasteiger partial charge in [-0.25, -0.2) is 9.79 Å². The molecule has 33 heavy (non-hydrogen) atoms. The minimum atomic E-state index is -1.08. The van der Waals surface area contributed by atoms with Crippen molar-refractivity contribution in [3.8, 4) is 0 Å². The molecule has 8 nitrogen and oxygen atoms in total. The maximum Gasteiger partial charge on any atom is 0.335 e. The van der Waals surface area contributed by atoms with E-state index < -0.39 is 5.97 Å². The Hall–Kier alpha value is -4.24. The smallest absolute Gasteiger partial charge is 0.335 e. The summed E-state index contributed by atoms with van der Waals surface area (Å²) in [6.07, 6.45) is 4.92. The molecule has 1 aliphatic heterocycles. The Bertz CT molecular complexity index is 1260. The highest BCUT2D eigenvalue weighted by Crippen LogP contribution is 2.29. The van der Waals surface area contributed by atoms with Crippen molar-refractivity contribution in [2.75, 3.05) is 16.0 Å². The molecule has 0 atom stereocenters. The number of aliphatic imine (C=N–C) groups is 1. The number of pyridine rings is 1. The van der Waals surface area contributed by atoms with Crippen LogP contribution in [0.5, 0.6) is 0 Å². The summed E-state index contributed by atoms with van der Waals surface area (Å²) in [6, 6.07) is 18.6. The molecule has 1 aromatic heterocycles. The molecule has 3 aromatic rings.